The first kappa shape index (κ1) is 21.7. The standard InChI is InChI=1S/C25H26ClN3OS/c1-13-9-16(15(3)31-13)22-17(12-27)24(28)29(19-8-6-7-18(26)14(19)2)20-10-25(4,5)11-21(30)23(20)22/h6-9,22H,10-11,28H2,1-5H3. The molecule has 4 nitrogen and oxygen atoms in total. The zero-order valence-corrected chi connectivity index (χ0v) is 20.0. The molecule has 0 amide bonds. The first-order valence-corrected chi connectivity index (χ1v) is 11.5. The Kier molecular flexibility index (Phi) is 5.28. The van der Waals surface area contributed by atoms with E-state index in [2.05, 4.69) is 26.0 Å². The molecule has 2 N–H and O–H groups in total. The van der Waals surface area contributed by atoms with Crippen LogP contribution in [0.3, 0.4) is 0 Å². The van der Waals surface area contributed by atoms with Gasteiger partial charge in [0.15, 0.2) is 5.78 Å². The molecule has 31 heavy (non-hydrogen) atoms. The van der Waals surface area contributed by atoms with Gasteiger partial charge in [-0.2, -0.15) is 5.26 Å². The summed E-state index contributed by atoms with van der Waals surface area (Å²) in [6.45, 7) is 10.2. The maximum absolute atomic E-state index is 13.6. The van der Waals surface area contributed by atoms with Gasteiger partial charge in [0.2, 0.25) is 0 Å². The average molecular weight is 452 g/mol. The minimum absolute atomic E-state index is 0.0874. The summed E-state index contributed by atoms with van der Waals surface area (Å²) in [5.41, 5.74) is 11.2. The molecule has 1 aromatic carbocycles. The number of carbonyl (C=O) groups excluding carboxylic acids is 1. The summed E-state index contributed by atoms with van der Waals surface area (Å²) in [6, 6.07) is 10.1. The first-order chi connectivity index (χ1) is 14.6. The van der Waals surface area contributed by atoms with E-state index in [1.54, 1.807) is 11.3 Å². The number of halogens is 1. The van der Waals surface area contributed by atoms with Crippen molar-refractivity contribution in [1.82, 2.24) is 0 Å². The van der Waals surface area contributed by atoms with Gasteiger partial charge in [0.05, 0.1) is 23.2 Å². The highest BCUT2D eigenvalue weighted by Crippen LogP contribution is 2.51. The number of carbonyl (C=O) groups is 1. The van der Waals surface area contributed by atoms with Crippen LogP contribution in [0.2, 0.25) is 5.02 Å². The summed E-state index contributed by atoms with van der Waals surface area (Å²) in [4.78, 5) is 17.7. The molecule has 1 atom stereocenters. The molecule has 2 heterocycles. The fourth-order valence-corrected chi connectivity index (χ4v) is 6.00. The minimum atomic E-state index is -0.427. The maximum atomic E-state index is 13.6. The van der Waals surface area contributed by atoms with Crippen molar-refractivity contribution in [1.29, 1.82) is 5.26 Å². The number of Topliss-reactive ketones (excluding diaryl/α,β-unsaturated/α-hetero) is 1. The van der Waals surface area contributed by atoms with Crippen LogP contribution in [0.15, 0.2) is 46.9 Å². The lowest BCUT2D eigenvalue weighted by atomic mass is 9.68. The monoisotopic (exact) mass is 451 g/mol. The molecule has 1 aliphatic carbocycles. The van der Waals surface area contributed by atoms with Crippen LogP contribution in [-0.2, 0) is 4.79 Å². The molecular weight excluding hydrogens is 426 g/mol. The third kappa shape index (κ3) is 3.48. The van der Waals surface area contributed by atoms with Gasteiger partial charge in [0.1, 0.15) is 5.82 Å². The Morgan fingerprint density at radius 1 is 1.26 bits per heavy atom. The second kappa shape index (κ2) is 7.55. The quantitative estimate of drug-likeness (QED) is 0.584. The highest BCUT2D eigenvalue weighted by atomic mass is 35.5. The van der Waals surface area contributed by atoms with Crippen molar-refractivity contribution in [2.24, 2.45) is 11.1 Å². The van der Waals surface area contributed by atoms with Crippen LogP contribution in [0.25, 0.3) is 0 Å². The minimum Gasteiger partial charge on any atom is -0.384 e. The summed E-state index contributed by atoms with van der Waals surface area (Å²) >= 11 is 8.11. The van der Waals surface area contributed by atoms with Gasteiger partial charge < -0.3 is 5.73 Å². The van der Waals surface area contributed by atoms with Crippen LogP contribution in [0.5, 0.6) is 0 Å². The van der Waals surface area contributed by atoms with Gasteiger partial charge in [-0.05, 0) is 61.9 Å². The van der Waals surface area contributed by atoms with Crippen LogP contribution in [0.1, 0.15) is 53.5 Å². The summed E-state index contributed by atoms with van der Waals surface area (Å²) in [7, 11) is 0. The molecule has 0 saturated carbocycles. The van der Waals surface area contributed by atoms with Crippen LogP contribution in [0, 0.1) is 37.5 Å². The van der Waals surface area contributed by atoms with Crippen molar-refractivity contribution < 1.29 is 4.79 Å². The number of nitrogens with zero attached hydrogens (tertiary/aromatic N) is 2. The Hall–Kier alpha value is -2.55. The van der Waals surface area contributed by atoms with Gasteiger partial charge in [-0.15, -0.1) is 11.3 Å². The molecule has 0 saturated heterocycles. The predicted octanol–water partition coefficient (Wildman–Crippen LogP) is 6.27. The van der Waals surface area contributed by atoms with E-state index in [4.69, 9.17) is 17.3 Å². The molecule has 160 valence electrons. The van der Waals surface area contributed by atoms with Crippen LogP contribution < -0.4 is 10.6 Å². The Morgan fingerprint density at radius 3 is 2.58 bits per heavy atom. The number of allylic oxidation sites excluding steroid dienone is 3. The average Bonchev–Trinajstić information content (AvgIpc) is 3.00. The molecular formula is C25H26ClN3OS. The Labute approximate surface area is 192 Å². The second-order valence-corrected chi connectivity index (χ2v) is 11.1. The van der Waals surface area contributed by atoms with Crippen LogP contribution >= 0.6 is 22.9 Å². The van der Waals surface area contributed by atoms with Gasteiger partial charge in [-0.1, -0.05) is 31.5 Å². The summed E-state index contributed by atoms with van der Waals surface area (Å²) in [6.07, 6.45) is 1.14. The maximum Gasteiger partial charge on any atom is 0.162 e. The van der Waals surface area contributed by atoms with E-state index in [1.165, 1.54) is 0 Å². The van der Waals surface area contributed by atoms with E-state index in [0.717, 1.165) is 32.3 Å². The number of rotatable bonds is 2. The van der Waals surface area contributed by atoms with Crippen molar-refractivity contribution in [2.75, 3.05) is 4.90 Å². The van der Waals surface area contributed by atoms with Crippen molar-refractivity contribution in [2.45, 2.75) is 53.4 Å². The topological polar surface area (TPSA) is 70.1 Å². The van der Waals surface area contributed by atoms with E-state index < -0.39 is 5.92 Å². The van der Waals surface area contributed by atoms with Crippen LogP contribution in [0.4, 0.5) is 5.69 Å². The van der Waals surface area contributed by atoms with Crippen LogP contribution in [-0.4, -0.2) is 5.78 Å². The zero-order valence-electron chi connectivity index (χ0n) is 18.5. The number of thiophene rings is 1. The van der Waals surface area contributed by atoms with Crippen molar-refractivity contribution in [3.05, 3.63) is 72.8 Å². The largest absolute Gasteiger partial charge is 0.384 e. The third-order valence-electron chi connectivity index (χ3n) is 6.25. The van der Waals surface area contributed by atoms with Crippen molar-refractivity contribution in [3.8, 4) is 6.07 Å². The van der Waals surface area contributed by atoms with E-state index in [1.807, 2.05) is 43.9 Å². The van der Waals surface area contributed by atoms with Gasteiger partial charge in [0.25, 0.3) is 0 Å². The number of hydrogen-bond acceptors (Lipinski definition) is 5. The SMILES string of the molecule is Cc1cc(C2C(C#N)=C(N)N(c3cccc(Cl)c3C)C3=C2C(=O)CC(C)(C)C3)c(C)s1. The van der Waals surface area contributed by atoms with E-state index in [0.29, 0.717) is 34.8 Å². The molecule has 1 aromatic heterocycles. The highest BCUT2D eigenvalue weighted by Gasteiger charge is 2.45. The molecule has 4 rings (SSSR count). The van der Waals surface area contributed by atoms with Crippen molar-refractivity contribution >= 4 is 34.4 Å². The molecule has 0 spiro atoms. The number of benzene rings is 1. The molecule has 0 bridgehead atoms. The molecule has 2 aromatic rings. The number of aryl methyl sites for hydroxylation is 2. The smallest absolute Gasteiger partial charge is 0.162 e. The Bertz CT molecular complexity index is 1210. The summed E-state index contributed by atoms with van der Waals surface area (Å²) in [5.74, 6) is 0.0408. The first-order valence-electron chi connectivity index (χ1n) is 10.3. The summed E-state index contributed by atoms with van der Waals surface area (Å²) in [5, 5.41) is 10.8. The predicted molar refractivity (Wildman–Crippen MR) is 127 cm³/mol. The van der Waals surface area contributed by atoms with Gasteiger partial charge in [-0.25, -0.2) is 0 Å². The number of nitrogens with two attached hydrogens (primary N) is 1. The molecule has 1 aliphatic heterocycles. The third-order valence-corrected chi connectivity index (χ3v) is 7.64. The molecule has 0 radical (unpaired) electrons. The zero-order chi connectivity index (χ0) is 22.7. The molecule has 6 heteroatoms. The molecule has 0 fully saturated rings. The highest BCUT2D eigenvalue weighted by molar-refractivity contribution is 7.12. The summed E-state index contributed by atoms with van der Waals surface area (Å²) < 4.78 is 0. The lowest BCUT2D eigenvalue weighted by molar-refractivity contribution is -0.118. The lowest BCUT2D eigenvalue weighted by Crippen LogP contribution is -2.42. The number of anilines is 1. The molecule has 2 aliphatic rings. The number of ketones is 1. The Balaban J connectivity index is 2.06. The van der Waals surface area contributed by atoms with Gasteiger partial charge >= 0.3 is 0 Å². The fourth-order valence-electron chi connectivity index (χ4n) is 4.87. The van der Waals surface area contributed by atoms with E-state index in [9.17, 15) is 10.1 Å². The van der Waals surface area contributed by atoms with Crippen molar-refractivity contribution in [3.63, 3.8) is 0 Å². The van der Waals surface area contributed by atoms with Gasteiger partial charge in [0, 0.05) is 32.5 Å². The lowest BCUT2D eigenvalue weighted by Gasteiger charge is -2.44. The van der Waals surface area contributed by atoms with E-state index >= 15 is 0 Å². The Morgan fingerprint density at radius 2 is 1.97 bits per heavy atom. The van der Waals surface area contributed by atoms with Gasteiger partial charge in [-0.3, -0.25) is 9.69 Å². The fraction of sp³-hybridized carbons (Fsp3) is 0.360. The second-order valence-electron chi connectivity index (χ2n) is 9.23. The molecule has 1 unspecified atom stereocenters. The number of hydrogen-bond donors (Lipinski definition) is 1. The number of nitriles is 1. The van der Waals surface area contributed by atoms with E-state index in [-0.39, 0.29) is 11.2 Å². The normalized spacial score (nSPS) is 20.7.